The van der Waals surface area contributed by atoms with Gasteiger partial charge in [-0.15, -0.1) is 11.3 Å². The van der Waals surface area contributed by atoms with Crippen LogP contribution in [0.5, 0.6) is 0 Å². The summed E-state index contributed by atoms with van der Waals surface area (Å²) in [5, 5.41) is 5.47. The van der Waals surface area contributed by atoms with Crippen molar-refractivity contribution in [3.63, 3.8) is 0 Å². The Morgan fingerprint density at radius 3 is 3.05 bits per heavy atom. The van der Waals surface area contributed by atoms with Gasteiger partial charge < -0.3 is 5.32 Å². The second-order valence-corrected chi connectivity index (χ2v) is 8.90. The Kier molecular flexibility index (Phi) is 4.66. The molecule has 1 saturated carbocycles. The number of hydrogen-bond donors (Lipinski definition) is 1. The first kappa shape index (κ1) is 15.4. The molecule has 0 saturated heterocycles. The molecule has 3 rings (SSSR count). The molecule has 0 radical (unpaired) electrons. The van der Waals surface area contributed by atoms with Gasteiger partial charge in [-0.05, 0) is 49.2 Å². The van der Waals surface area contributed by atoms with E-state index in [0.717, 1.165) is 19.4 Å². The molecule has 1 aromatic heterocycles. The fourth-order valence-corrected chi connectivity index (χ4v) is 4.90. The Hall–Kier alpha value is -0.470. The maximum Gasteiger partial charge on any atom is 0.282 e. The zero-order valence-electron chi connectivity index (χ0n) is 12.4. The molecular weight excluding hydrogens is 306 g/mol. The summed E-state index contributed by atoms with van der Waals surface area (Å²) in [5.41, 5.74) is 1.17. The molecular formula is C14H23N3O2S2. The summed E-state index contributed by atoms with van der Waals surface area (Å²) in [4.78, 5) is 1.33. The van der Waals surface area contributed by atoms with Crippen LogP contribution in [-0.2, 0) is 23.2 Å². The predicted molar refractivity (Wildman–Crippen MR) is 85.6 cm³/mol. The van der Waals surface area contributed by atoms with E-state index in [4.69, 9.17) is 0 Å². The maximum atomic E-state index is 12.6. The van der Waals surface area contributed by atoms with Gasteiger partial charge in [0, 0.05) is 37.6 Å². The zero-order chi connectivity index (χ0) is 14.9. The van der Waals surface area contributed by atoms with Crippen molar-refractivity contribution in [2.75, 3.05) is 26.7 Å². The minimum Gasteiger partial charge on any atom is -0.314 e. The second kappa shape index (κ2) is 6.34. The molecule has 7 heteroatoms. The third kappa shape index (κ3) is 3.65. The quantitative estimate of drug-likeness (QED) is 0.770. The van der Waals surface area contributed by atoms with Crippen LogP contribution in [0.3, 0.4) is 0 Å². The SMILES string of the molecule is CN(CCCNC1CC1)S(=O)(=O)N1CCc2sccc2C1. The molecule has 21 heavy (non-hydrogen) atoms. The van der Waals surface area contributed by atoms with Gasteiger partial charge >= 0.3 is 0 Å². The van der Waals surface area contributed by atoms with Crippen LogP contribution in [0.1, 0.15) is 29.7 Å². The van der Waals surface area contributed by atoms with Crippen LogP contribution in [0.25, 0.3) is 0 Å². The third-order valence-electron chi connectivity index (χ3n) is 4.15. The number of thiophene rings is 1. The van der Waals surface area contributed by atoms with Crippen LogP contribution >= 0.6 is 11.3 Å². The topological polar surface area (TPSA) is 52.7 Å². The van der Waals surface area contributed by atoms with Crippen LogP contribution < -0.4 is 5.32 Å². The second-order valence-electron chi connectivity index (χ2n) is 5.86. The molecule has 2 heterocycles. The molecule has 0 spiro atoms. The average molecular weight is 329 g/mol. The highest BCUT2D eigenvalue weighted by atomic mass is 32.2. The number of hydrogen-bond acceptors (Lipinski definition) is 4. The van der Waals surface area contributed by atoms with E-state index in [1.54, 1.807) is 22.7 Å². The van der Waals surface area contributed by atoms with Gasteiger partial charge in [-0.25, -0.2) is 0 Å². The van der Waals surface area contributed by atoms with Gasteiger partial charge in [0.05, 0.1) is 0 Å². The number of rotatable bonds is 7. The largest absolute Gasteiger partial charge is 0.314 e. The van der Waals surface area contributed by atoms with E-state index in [-0.39, 0.29) is 0 Å². The molecule has 1 aromatic rings. The summed E-state index contributed by atoms with van der Waals surface area (Å²) in [5.74, 6) is 0. The molecule has 1 fully saturated rings. The van der Waals surface area contributed by atoms with Gasteiger partial charge in [-0.3, -0.25) is 0 Å². The summed E-state index contributed by atoms with van der Waals surface area (Å²) < 4.78 is 28.3. The van der Waals surface area contributed by atoms with E-state index in [1.165, 1.54) is 27.6 Å². The lowest BCUT2D eigenvalue weighted by atomic mass is 10.1. The summed E-state index contributed by atoms with van der Waals surface area (Å²) in [6.45, 7) is 2.60. The molecule has 2 aliphatic rings. The fourth-order valence-electron chi connectivity index (χ4n) is 2.63. The van der Waals surface area contributed by atoms with Crippen LogP contribution in [0.15, 0.2) is 11.4 Å². The Morgan fingerprint density at radius 2 is 2.29 bits per heavy atom. The predicted octanol–water partition coefficient (Wildman–Crippen LogP) is 1.42. The molecule has 0 aromatic carbocycles. The van der Waals surface area contributed by atoms with Gasteiger partial charge in [0.1, 0.15) is 0 Å². The minimum atomic E-state index is -3.32. The number of fused-ring (bicyclic) bond motifs is 1. The van der Waals surface area contributed by atoms with Crippen molar-refractivity contribution in [1.82, 2.24) is 13.9 Å². The Morgan fingerprint density at radius 1 is 1.48 bits per heavy atom. The molecule has 0 unspecified atom stereocenters. The fraction of sp³-hybridized carbons (Fsp3) is 0.714. The van der Waals surface area contributed by atoms with Gasteiger partial charge in [0.25, 0.3) is 10.2 Å². The maximum absolute atomic E-state index is 12.6. The van der Waals surface area contributed by atoms with Crippen molar-refractivity contribution >= 4 is 21.5 Å². The van der Waals surface area contributed by atoms with E-state index in [2.05, 4.69) is 5.32 Å². The molecule has 118 valence electrons. The summed E-state index contributed by atoms with van der Waals surface area (Å²) in [7, 11) is -1.63. The lowest BCUT2D eigenvalue weighted by Crippen LogP contribution is -2.44. The van der Waals surface area contributed by atoms with E-state index in [1.807, 2.05) is 11.4 Å². The summed E-state index contributed by atoms with van der Waals surface area (Å²) in [6, 6.07) is 2.73. The van der Waals surface area contributed by atoms with Crippen molar-refractivity contribution in [3.8, 4) is 0 Å². The Bertz CT molecular complexity index is 581. The molecule has 1 N–H and O–H groups in total. The number of nitrogens with one attached hydrogen (secondary N) is 1. The highest BCUT2D eigenvalue weighted by Crippen LogP contribution is 2.26. The highest BCUT2D eigenvalue weighted by Gasteiger charge is 2.30. The van der Waals surface area contributed by atoms with E-state index < -0.39 is 10.2 Å². The molecule has 0 atom stereocenters. The van der Waals surface area contributed by atoms with Gasteiger partial charge in [0.15, 0.2) is 0 Å². The zero-order valence-corrected chi connectivity index (χ0v) is 14.0. The first-order valence-electron chi connectivity index (χ1n) is 7.57. The monoisotopic (exact) mass is 329 g/mol. The van der Waals surface area contributed by atoms with Crippen LogP contribution in [0.4, 0.5) is 0 Å². The minimum absolute atomic E-state index is 0.520. The summed E-state index contributed by atoms with van der Waals surface area (Å²) in [6.07, 6.45) is 4.24. The molecule has 0 bridgehead atoms. The first-order chi connectivity index (χ1) is 10.1. The highest BCUT2D eigenvalue weighted by molar-refractivity contribution is 7.86. The lowest BCUT2D eigenvalue weighted by Gasteiger charge is -2.30. The standard InChI is InChI=1S/C14H23N3O2S2/c1-16(8-2-7-15-13-3-4-13)21(18,19)17-9-5-14-12(11-17)6-10-20-14/h6,10,13,15H,2-5,7-9,11H2,1H3. The van der Waals surface area contributed by atoms with E-state index in [0.29, 0.717) is 25.7 Å². The number of nitrogens with zero attached hydrogens (tertiary/aromatic N) is 2. The third-order valence-corrected chi connectivity index (χ3v) is 7.11. The average Bonchev–Trinajstić information content (AvgIpc) is 3.17. The van der Waals surface area contributed by atoms with Crippen LogP contribution in [-0.4, -0.2) is 49.8 Å². The summed E-state index contributed by atoms with van der Waals surface area (Å²) >= 11 is 1.73. The van der Waals surface area contributed by atoms with Crippen LogP contribution in [0.2, 0.25) is 0 Å². The molecule has 0 amide bonds. The molecule has 1 aliphatic heterocycles. The lowest BCUT2D eigenvalue weighted by molar-refractivity contribution is 0.343. The van der Waals surface area contributed by atoms with Gasteiger partial charge in [0.2, 0.25) is 0 Å². The van der Waals surface area contributed by atoms with E-state index in [9.17, 15) is 8.42 Å². The van der Waals surface area contributed by atoms with Crippen LogP contribution in [0, 0.1) is 0 Å². The van der Waals surface area contributed by atoms with E-state index >= 15 is 0 Å². The Labute approximate surface area is 131 Å². The van der Waals surface area contributed by atoms with Crippen molar-refractivity contribution in [2.24, 2.45) is 0 Å². The Balaban J connectivity index is 1.52. The smallest absolute Gasteiger partial charge is 0.282 e. The van der Waals surface area contributed by atoms with Crippen molar-refractivity contribution in [3.05, 3.63) is 21.9 Å². The van der Waals surface area contributed by atoms with Gasteiger partial charge in [-0.2, -0.15) is 17.0 Å². The van der Waals surface area contributed by atoms with Crippen molar-refractivity contribution in [2.45, 2.75) is 38.3 Å². The molecule has 1 aliphatic carbocycles. The molecule has 5 nitrogen and oxygen atoms in total. The first-order valence-corrected chi connectivity index (χ1v) is 9.85. The van der Waals surface area contributed by atoms with Crippen molar-refractivity contribution < 1.29 is 8.42 Å². The van der Waals surface area contributed by atoms with Gasteiger partial charge in [-0.1, -0.05) is 0 Å². The van der Waals surface area contributed by atoms with Crippen molar-refractivity contribution in [1.29, 1.82) is 0 Å². The normalized spacial score (nSPS) is 19.9.